The summed E-state index contributed by atoms with van der Waals surface area (Å²) in [6.45, 7) is 0. The van der Waals surface area contributed by atoms with Gasteiger partial charge in [-0.3, -0.25) is 4.79 Å². The molecule has 2 aromatic rings. The predicted molar refractivity (Wildman–Crippen MR) is 81.7 cm³/mol. The highest BCUT2D eigenvalue weighted by atomic mass is 79.9. The fourth-order valence-electron chi connectivity index (χ4n) is 1.86. The monoisotopic (exact) mass is 370 g/mol. The van der Waals surface area contributed by atoms with E-state index < -0.39 is 15.7 Å². The highest BCUT2D eigenvalue weighted by Crippen LogP contribution is 2.22. The number of hydrogen-bond acceptors (Lipinski definition) is 3. The quantitative estimate of drug-likeness (QED) is 0.774. The van der Waals surface area contributed by atoms with Gasteiger partial charge in [0.1, 0.15) is 5.82 Å². The molecule has 0 atom stereocenters. The Kier molecular flexibility index (Phi) is 4.58. The summed E-state index contributed by atoms with van der Waals surface area (Å²) in [7, 11) is -3.37. The van der Waals surface area contributed by atoms with Gasteiger partial charge in [0.25, 0.3) is 0 Å². The Bertz CT molecular complexity index is 800. The maximum atomic E-state index is 13.4. The van der Waals surface area contributed by atoms with Crippen molar-refractivity contribution in [3.63, 3.8) is 0 Å². The molecule has 0 saturated carbocycles. The number of hydrogen-bond donors (Lipinski definition) is 0. The second-order valence-corrected chi connectivity index (χ2v) is 7.42. The van der Waals surface area contributed by atoms with Gasteiger partial charge < -0.3 is 0 Å². The largest absolute Gasteiger partial charge is 0.294 e. The van der Waals surface area contributed by atoms with Gasteiger partial charge in [-0.2, -0.15) is 0 Å². The van der Waals surface area contributed by atoms with Crippen LogP contribution in [-0.4, -0.2) is 20.5 Å². The molecule has 0 bridgehead atoms. The zero-order valence-corrected chi connectivity index (χ0v) is 13.5. The molecule has 0 aliphatic rings. The fourth-order valence-corrected chi connectivity index (χ4v) is 2.93. The van der Waals surface area contributed by atoms with Crippen LogP contribution in [0.2, 0.25) is 0 Å². The molecule has 6 heteroatoms. The van der Waals surface area contributed by atoms with E-state index in [4.69, 9.17) is 0 Å². The van der Waals surface area contributed by atoms with Crippen molar-refractivity contribution in [2.24, 2.45) is 0 Å². The van der Waals surface area contributed by atoms with Gasteiger partial charge in [0.2, 0.25) is 0 Å². The number of rotatable bonds is 4. The van der Waals surface area contributed by atoms with E-state index in [-0.39, 0.29) is 27.1 Å². The molecule has 3 nitrogen and oxygen atoms in total. The third kappa shape index (κ3) is 3.77. The van der Waals surface area contributed by atoms with Crippen molar-refractivity contribution in [3.05, 3.63) is 63.9 Å². The molecule has 21 heavy (non-hydrogen) atoms. The van der Waals surface area contributed by atoms with E-state index in [1.165, 1.54) is 30.3 Å². The maximum Gasteiger partial charge on any atom is 0.175 e. The molecule has 0 heterocycles. The lowest BCUT2D eigenvalue weighted by molar-refractivity contribution is 0.0992. The molecule has 0 aliphatic heterocycles. The minimum atomic E-state index is -3.37. The molecule has 2 rings (SSSR count). The van der Waals surface area contributed by atoms with Crippen molar-refractivity contribution in [1.29, 1.82) is 0 Å². The number of benzene rings is 2. The first kappa shape index (κ1) is 15.9. The summed E-state index contributed by atoms with van der Waals surface area (Å²) in [5.74, 6) is -0.711. The minimum Gasteiger partial charge on any atom is -0.294 e. The van der Waals surface area contributed by atoms with Crippen LogP contribution in [0.25, 0.3) is 0 Å². The number of carbonyl (C=O) groups is 1. The molecule has 0 aromatic heterocycles. The van der Waals surface area contributed by atoms with E-state index in [9.17, 15) is 17.6 Å². The molecule has 2 aromatic carbocycles. The Hall–Kier alpha value is -1.53. The summed E-state index contributed by atoms with van der Waals surface area (Å²) in [4.78, 5) is 12.3. The van der Waals surface area contributed by atoms with Gasteiger partial charge >= 0.3 is 0 Å². The molecule has 110 valence electrons. The lowest BCUT2D eigenvalue weighted by Crippen LogP contribution is -2.06. The van der Waals surface area contributed by atoms with Crippen LogP contribution in [0.1, 0.15) is 15.9 Å². The van der Waals surface area contributed by atoms with Gasteiger partial charge in [0, 0.05) is 18.2 Å². The number of halogens is 2. The maximum absolute atomic E-state index is 13.4. The molecule has 0 fully saturated rings. The minimum absolute atomic E-state index is 0.00837. The highest BCUT2D eigenvalue weighted by molar-refractivity contribution is 9.10. The van der Waals surface area contributed by atoms with E-state index in [1.807, 2.05) is 0 Å². The Balaban J connectivity index is 2.31. The van der Waals surface area contributed by atoms with Crippen molar-refractivity contribution in [2.45, 2.75) is 11.3 Å². The highest BCUT2D eigenvalue weighted by Gasteiger charge is 2.14. The van der Waals surface area contributed by atoms with Crippen LogP contribution >= 0.6 is 15.9 Å². The first-order valence-electron chi connectivity index (χ1n) is 6.05. The molecule has 0 spiro atoms. The number of sulfone groups is 1. The van der Waals surface area contributed by atoms with Crippen LogP contribution in [0.15, 0.2) is 51.8 Å². The Labute approximate surface area is 130 Å². The molecule has 0 unspecified atom stereocenters. The average Bonchev–Trinajstić information content (AvgIpc) is 2.43. The van der Waals surface area contributed by atoms with Crippen LogP contribution < -0.4 is 0 Å². The van der Waals surface area contributed by atoms with Gasteiger partial charge in [-0.1, -0.05) is 24.3 Å². The van der Waals surface area contributed by atoms with Crippen LogP contribution in [-0.2, 0) is 16.3 Å². The third-order valence-electron chi connectivity index (χ3n) is 2.97. The first-order chi connectivity index (χ1) is 9.79. The summed E-state index contributed by atoms with van der Waals surface area (Å²) in [6.07, 6.45) is 1.07. The Morgan fingerprint density at radius 1 is 1.19 bits per heavy atom. The second kappa shape index (κ2) is 6.07. The van der Waals surface area contributed by atoms with Gasteiger partial charge in [0.05, 0.1) is 9.37 Å². The topological polar surface area (TPSA) is 51.2 Å². The van der Waals surface area contributed by atoms with Crippen LogP contribution in [0.4, 0.5) is 4.39 Å². The number of ketones is 1. The molecular weight excluding hydrogens is 359 g/mol. The lowest BCUT2D eigenvalue weighted by atomic mass is 10.0. The normalized spacial score (nSPS) is 11.4. The van der Waals surface area contributed by atoms with E-state index in [1.54, 1.807) is 12.1 Å². The number of Topliss-reactive ketones (excluding diaryl/α,β-unsaturated/α-hetero) is 1. The summed E-state index contributed by atoms with van der Waals surface area (Å²) < 4.78 is 36.7. The summed E-state index contributed by atoms with van der Waals surface area (Å²) in [5.41, 5.74) is 0.804. The van der Waals surface area contributed by atoms with Crippen LogP contribution in [0.5, 0.6) is 0 Å². The van der Waals surface area contributed by atoms with E-state index >= 15 is 0 Å². The van der Waals surface area contributed by atoms with Crippen molar-refractivity contribution in [2.75, 3.05) is 6.26 Å². The number of carbonyl (C=O) groups excluding carboxylic acids is 1. The summed E-state index contributed by atoms with van der Waals surface area (Å²) in [5, 5.41) is 0. The van der Waals surface area contributed by atoms with Crippen LogP contribution in [0, 0.1) is 5.82 Å². The molecule has 0 amide bonds. The first-order valence-corrected chi connectivity index (χ1v) is 8.73. The smallest absolute Gasteiger partial charge is 0.175 e. The molecular formula is C15H12BrFO3S. The van der Waals surface area contributed by atoms with Gasteiger partial charge in [-0.15, -0.1) is 0 Å². The van der Waals surface area contributed by atoms with Crippen molar-refractivity contribution >= 4 is 31.6 Å². The third-order valence-corrected chi connectivity index (χ3v) is 4.97. The molecule has 0 radical (unpaired) electrons. The van der Waals surface area contributed by atoms with Gasteiger partial charge in [-0.05, 0) is 39.7 Å². The zero-order valence-electron chi connectivity index (χ0n) is 11.1. The van der Waals surface area contributed by atoms with E-state index in [2.05, 4.69) is 15.9 Å². The Morgan fingerprint density at radius 2 is 1.86 bits per heavy atom. The van der Waals surface area contributed by atoms with Gasteiger partial charge in [0.15, 0.2) is 15.6 Å². The standard InChI is InChI=1S/C15H12BrFO3S/c1-21(19,20)12-6-2-4-10(8-12)14(18)9-11-5-3-7-13(17)15(11)16/h2-8H,9H2,1H3. The molecule has 0 N–H and O–H groups in total. The second-order valence-electron chi connectivity index (χ2n) is 4.61. The molecule has 0 saturated heterocycles. The van der Waals surface area contributed by atoms with E-state index in [0.717, 1.165) is 6.26 Å². The summed E-state index contributed by atoms with van der Waals surface area (Å²) in [6, 6.07) is 10.3. The SMILES string of the molecule is CS(=O)(=O)c1cccc(C(=O)Cc2cccc(F)c2Br)c1. The average molecular weight is 371 g/mol. The lowest BCUT2D eigenvalue weighted by Gasteiger charge is -2.06. The summed E-state index contributed by atoms with van der Waals surface area (Å²) >= 11 is 3.10. The molecule has 0 aliphatic carbocycles. The fraction of sp³-hybridized carbons (Fsp3) is 0.133. The Morgan fingerprint density at radius 3 is 2.52 bits per heavy atom. The van der Waals surface area contributed by atoms with Crippen molar-refractivity contribution in [3.8, 4) is 0 Å². The van der Waals surface area contributed by atoms with Crippen LogP contribution in [0.3, 0.4) is 0 Å². The van der Waals surface area contributed by atoms with Crippen molar-refractivity contribution in [1.82, 2.24) is 0 Å². The van der Waals surface area contributed by atoms with Gasteiger partial charge in [-0.25, -0.2) is 12.8 Å². The van der Waals surface area contributed by atoms with Crippen molar-refractivity contribution < 1.29 is 17.6 Å². The predicted octanol–water partition coefficient (Wildman–Crippen LogP) is 3.42. The zero-order chi connectivity index (χ0) is 15.6. The van der Waals surface area contributed by atoms with E-state index in [0.29, 0.717) is 5.56 Å².